The first-order valence-corrected chi connectivity index (χ1v) is 14.3. The summed E-state index contributed by atoms with van der Waals surface area (Å²) < 4.78 is 6.53. The molecule has 1 nitrogen and oxygen atoms in total. The molecule has 2 atom stereocenters. The predicted octanol–water partition coefficient (Wildman–Crippen LogP) is 9.35. The molecule has 0 saturated carbocycles. The summed E-state index contributed by atoms with van der Waals surface area (Å²) >= 11 is 0. The summed E-state index contributed by atoms with van der Waals surface area (Å²) in [6.07, 6.45) is 0. The Morgan fingerprint density at radius 3 is 2.08 bits per heavy atom. The SMILES string of the molecule is Cc1cc(C)c(-c2c3ccccc3c3c4cc(ccc24)C(C)(C)P2c4c(cccc4-3)OC2C)c(C)c1. The van der Waals surface area contributed by atoms with Gasteiger partial charge in [-0.3, -0.25) is 0 Å². The number of fused-ring (bicyclic) bond motifs is 4. The molecule has 0 N–H and O–H groups in total. The van der Waals surface area contributed by atoms with Gasteiger partial charge in [-0.2, -0.15) is 0 Å². The van der Waals surface area contributed by atoms with Crippen LogP contribution in [0.15, 0.2) is 72.8 Å². The quantitative estimate of drug-likeness (QED) is 0.169. The minimum absolute atomic E-state index is 0.0173. The van der Waals surface area contributed by atoms with Crippen LogP contribution in [0.5, 0.6) is 5.75 Å². The highest BCUT2D eigenvalue weighted by Gasteiger charge is 2.45. The smallest absolute Gasteiger partial charge is 0.128 e. The van der Waals surface area contributed by atoms with E-state index in [0.29, 0.717) is 0 Å². The van der Waals surface area contributed by atoms with Crippen molar-refractivity contribution in [1.82, 2.24) is 0 Å². The molecular weight excluding hydrogens is 455 g/mol. The first-order chi connectivity index (χ1) is 17.3. The molecule has 2 aliphatic heterocycles. The Hall–Kier alpha value is -3.15. The minimum Gasteiger partial charge on any atom is -0.485 e. The monoisotopic (exact) mass is 486 g/mol. The molecule has 0 saturated heterocycles. The lowest BCUT2D eigenvalue weighted by Crippen LogP contribution is -2.25. The fourth-order valence-electron chi connectivity index (χ4n) is 7.05. The highest BCUT2D eigenvalue weighted by molar-refractivity contribution is 7.68. The molecule has 2 unspecified atom stereocenters. The molecule has 178 valence electrons. The highest BCUT2D eigenvalue weighted by atomic mass is 31.1. The van der Waals surface area contributed by atoms with Gasteiger partial charge in [-0.1, -0.05) is 80.1 Å². The normalized spacial score (nSPS) is 19.3. The number of ether oxygens (including phenoxy) is 1. The second-order valence-corrected chi connectivity index (χ2v) is 14.2. The zero-order chi connectivity index (χ0) is 24.9. The summed E-state index contributed by atoms with van der Waals surface area (Å²) in [5.74, 6) is 1.28. The van der Waals surface area contributed by atoms with Crippen molar-refractivity contribution >= 4 is 34.8 Å². The lowest BCUT2D eigenvalue weighted by atomic mass is 9.82. The maximum absolute atomic E-state index is 6.53. The number of benzene rings is 5. The van der Waals surface area contributed by atoms with E-state index in [1.54, 1.807) is 0 Å². The summed E-state index contributed by atoms with van der Waals surface area (Å²) in [7, 11) is -0.544. The van der Waals surface area contributed by atoms with Gasteiger partial charge in [0.15, 0.2) is 0 Å². The first kappa shape index (κ1) is 22.1. The summed E-state index contributed by atoms with van der Waals surface area (Å²) in [6, 6.07) is 27.7. The van der Waals surface area contributed by atoms with Crippen LogP contribution in [0.25, 0.3) is 43.8 Å². The van der Waals surface area contributed by atoms with Gasteiger partial charge in [-0.25, -0.2) is 0 Å². The Kier molecular flexibility index (Phi) is 4.56. The van der Waals surface area contributed by atoms with Crippen molar-refractivity contribution in [2.24, 2.45) is 0 Å². The van der Waals surface area contributed by atoms with Crippen LogP contribution in [0.2, 0.25) is 0 Å². The van der Waals surface area contributed by atoms with E-state index in [0.717, 1.165) is 5.75 Å². The van der Waals surface area contributed by atoms with Crippen LogP contribution < -0.4 is 10.0 Å². The van der Waals surface area contributed by atoms with Crippen LogP contribution in [0.3, 0.4) is 0 Å². The van der Waals surface area contributed by atoms with E-state index in [1.807, 2.05) is 0 Å². The van der Waals surface area contributed by atoms with Crippen LogP contribution in [-0.2, 0) is 5.16 Å². The third-order valence-electron chi connectivity index (χ3n) is 8.43. The van der Waals surface area contributed by atoms with Gasteiger partial charge in [0.25, 0.3) is 0 Å². The summed E-state index contributed by atoms with van der Waals surface area (Å²) in [5, 5.41) is 6.82. The maximum Gasteiger partial charge on any atom is 0.128 e. The molecule has 5 aromatic carbocycles. The molecule has 2 aliphatic rings. The van der Waals surface area contributed by atoms with Crippen LogP contribution in [0, 0.1) is 20.8 Å². The first-order valence-electron chi connectivity index (χ1n) is 12.9. The van der Waals surface area contributed by atoms with Crippen molar-refractivity contribution < 1.29 is 4.74 Å². The topological polar surface area (TPSA) is 9.23 Å². The molecule has 2 bridgehead atoms. The standard InChI is InChI=1S/C34H31OP/c1-19-16-20(2)30(21(3)17-19)32-25-11-8-7-10-24(25)31-27-12-9-13-29-33(27)36(22(4)35-29)34(5,6)23-14-15-26(32)28(31)18-23/h7-18,22H,1-6H3. The fourth-order valence-corrected chi connectivity index (χ4v) is 10.3. The van der Waals surface area contributed by atoms with Crippen molar-refractivity contribution in [3.8, 4) is 28.0 Å². The molecule has 7 rings (SSSR count). The molecule has 0 aliphatic carbocycles. The van der Waals surface area contributed by atoms with Gasteiger partial charge in [0.2, 0.25) is 0 Å². The Balaban J connectivity index is 1.73. The van der Waals surface area contributed by atoms with Crippen molar-refractivity contribution in [3.63, 3.8) is 0 Å². The number of aryl methyl sites for hydroxylation is 3. The van der Waals surface area contributed by atoms with Gasteiger partial charge >= 0.3 is 0 Å². The lowest BCUT2D eigenvalue weighted by Gasteiger charge is -2.37. The number of hydrogen-bond acceptors (Lipinski definition) is 1. The largest absolute Gasteiger partial charge is 0.485 e. The Morgan fingerprint density at radius 1 is 0.694 bits per heavy atom. The summed E-state index contributed by atoms with van der Waals surface area (Å²) in [6.45, 7) is 13.8. The number of rotatable bonds is 1. The van der Waals surface area contributed by atoms with Gasteiger partial charge in [0.05, 0.1) is 0 Å². The fraction of sp³-hybridized carbons (Fsp3) is 0.235. The molecule has 5 aromatic rings. The highest BCUT2D eigenvalue weighted by Crippen LogP contribution is 2.65. The van der Waals surface area contributed by atoms with Crippen molar-refractivity contribution in [2.45, 2.75) is 52.5 Å². The van der Waals surface area contributed by atoms with Crippen molar-refractivity contribution in [3.05, 3.63) is 95.1 Å². The maximum atomic E-state index is 6.53. The van der Waals surface area contributed by atoms with Gasteiger partial charge in [-0.05, 0) is 108 Å². The predicted molar refractivity (Wildman–Crippen MR) is 156 cm³/mol. The summed E-state index contributed by atoms with van der Waals surface area (Å²) in [4.78, 5) is 0. The molecule has 2 heterocycles. The van der Waals surface area contributed by atoms with Gasteiger partial charge < -0.3 is 4.74 Å². The van der Waals surface area contributed by atoms with E-state index in [2.05, 4.69) is 114 Å². The molecule has 0 fully saturated rings. The zero-order valence-corrected chi connectivity index (χ0v) is 22.8. The number of hydrogen-bond donors (Lipinski definition) is 0. The van der Waals surface area contributed by atoms with E-state index < -0.39 is 7.92 Å². The zero-order valence-electron chi connectivity index (χ0n) is 21.9. The Morgan fingerprint density at radius 2 is 1.36 bits per heavy atom. The molecule has 0 amide bonds. The molecule has 2 heteroatoms. The van der Waals surface area contributed by atoms with Crippen molar-refractivity contribution in [1.29, 1.82) is 0 Å². The van der Waals surface area contributed by atoms with E-state index in [-0.39, 0.29) is 11.0 Å². The van der Waals surface area contributed by atoms with E-state index in [1.165, 1.54) is 71.4 Å². The van der Waals surface area contributed by atoms with Gasteiger partial charge in [0.1, 0.15) is 11.6 Å². The molecule has 0 spiro atoms. The Bertz CT molecular complexity index is 1720. The average molecular weight is 487 g/mol. The van der Waals surface area contributed by atoms with Gasteiger partial charge in [0, 0.05) is 10.5 Å². The molecule has 0 radical (unpaired) electrons. The van der Waals surface area contributed by atoms with E-state index >= 15 is 0 Å². The van der Waals surface area contributed by atoms with Crippen molar-refractivity contribution in [2.75, 3.05) is 0 Å². The second-order valence-electron chi connectivity index (χ2n) is 11.1. The Labute approximate surface area is 214 Å². The lowest BCUT2D eigenvalue weighted by molar-refractivity contribution is 0.312. The van der Waals surface area contributed by atoms with Gasteiger partial charge in [-0.15, -0.1) is 0 Å². The van der Waals surface area contributed by atoms with Crippen LogP contribution in [0.1, 0.15) is 43.0 Å². The average Bonchev–Trinajstić information content (AvgIpc) is 3.19. The van der Waals surface area contributed by atoms with Crippen LogP contribution >= 0.6 is 7.92 Å². The second kappa shape index (κ2) is 7.44. The van der Waals surface area contributed by atoms with E-state index in [4.69, 9.17) is 4.74 Å². The third kappa shape index (κ3) is 2.81. The summed E-state index contributed by atoms with van der Waals surface area (Å²) in [5.41, 5.74) is 10.9. The van der Waals surface area contributed by atoms with E-state index in [9.17, 15) is 0 Å². The third-order valence-corrected chi connectivity index (χ3v) is 11.7. The van der Waals surface area contributed by atoms with Crippen LogP contribution in [-0.4, -0.2) is 5.85 Å². The molecular formula is C34H31OP. The minimum atomic E-state index is -0.544. The van der Waals surface area contributed by atoms with Crippen LogP contribution in [0.4, 0.5) is 0 Å². The molecule has 0 aromatic heterocycles. The molecule has 36 heavy (non-hydrogen) atoms.